The lowest BCUT2D eigenvalue weighted by Gasteiger charge is -2.14. The van der Waals surface area contributed by atoms with E-state index in [0.717, 1.165) is 0 Å². The van der Waals surface area contributed by atoms with Crippen LogP contribution in [0.4, 0.5) is 0 Å². The van der Waals surface area contributed by atoms with Gasteiger partial charge in [-0.2, -0.15) is 0 Å². The highest BCUT2D eigenvalue weighted by atomic mass is 32.2. The van der Waals surface area contributed by atoms with E-state index in [-0.39, 0.29) is 5.92 Å². The Morgan fingerprint density at radius 2 is 2.11 bits per heavy atom. The first-order valence-electron chi connectivity index (χ1n) is 3.33. The Bertz CT molecular complexity index is 138. The fourth-order valence-electron chi connectivity index (χ4n) is 0.685. The Balaban J connectivity index is 4.38. The zero-order chi connectivity index (χ0) is 8.36. The molecule has 2 atom stereocenters. The third kappa shape index (κ3) is 3.26. The topological polar surface area (TPSA) is 17.1 Å². The lowest BCUT2D eigenvalue weighted by Crippen LogP contribution is -2.15. The van der Waals surface area contributed by atoms with Gasteiger partial charge in [0.15, 0.2) is 0 Å². The Hall–Kier alpha value is 0.500. The van der Waals surface area contributed by atoms with Crippen molar-refractivity contribution in [3.63, 3.8) is 0 Å². The van der Waals surface area contributed by atoms with Crippen LogP contribution in [0.1, 0.15) is 15.2 Å². The van der Waals surface area contributed by atoms with Gasteiger partial charge < -0.3 is 0 Å². The minimum Gasteiger partial charge on any atom is -0.259 e. The molecular weight excluding hydrogens is 152 g/mol. The molecule has 0 heterocycles. The van der Waals surface area contributed by atoms with E-state index in [1.807, 2.05) is 20.1 Å². The fraction of sp³-hybridized carbons (Fsp3) is 1.00. The summed E-state index contributed by atoms with van der Waals surface area (Å²) in [5.74, 6) is 0.133. The second-order valence-corrected chi connectivity index (χ2v) is 4.59. The van der Waals surface area contributed by atoms with E-state index in [2.05, 4.69) is 0 Å². The second kappa shape index (κ2) is 4.34. The summed E-state index contributed by atoms with van der Waals surface area (Å²) in [5.41, 5.74) is 0. The Labute approximate surface area is 65.5 Å². The molecule has 1 nitrogen and oxygen atoms in total. The van der Waals surface area contributed by atoms with Gasteiger partial charge in [0.25, 0.3) is 0 Å². The average Bonchev–Trinajstić information content (AvgIpc) is 1.85. The number of hydrogen-bond acceptors (Lipinski definition) is 2. The van der Waals surface area contributed by atoms with Crippen LogP contribution in [0.25, 0.3) is 0 Å². The first kappa shape index (κ1) is 7.61. The van der Waals surface area contributed by atoms with Crippen LogP contribution in [0, 0.1) is 5.92 Å². The minimum absolute atomic E-state index is 0.133. The van der Waals surface area contributed by atoms with Gasteiger partial charge >= 0.3 is 0 Å². The summed E-state index contributed by atoms with van der Waals surface area (Å²) >= 11 is 1.35. The van der Waals surface area contributed by atoms with Crippen molar-refractivity contribution in [3.8, 4) is 0 Å². The highest BCUT2D eigenvalue weighted by molar-refractivity contribution is 8.10. The molecule has 3 heteroatoms. The molecule has 0 amide bonds. The molecule has 0 bridgehead atoms. The molecule has 0 aliphatic rings. The fourth-order valence-corrected chi connectivity index (χ4v) is 2.76. The maximum absolute atomic E-state index is 11.0. The summed E-state index contributed by atoms with van der Waals surface area (Å²) < 4.78 is 18.0. The van der Waals surface area contributed by atoms with Crippen molar-refractivity contribution in [1.82, 2.24) is 0 Å². The van der Waals surface area contributed by atoms with E-state index in [1.165, 1.54) is 11.8 Å². The average molecular weight is 167 g/mol. The third-order valence-corrected chi connectivity index (χ3v) is 4.07. The van der Waals surface area contributed by atoms with Crippen molar-refractivity contribution in [3.05, 3.63) is 0 Å². The van der Waals surface area contributed by atoms with E-state index in [4.69, 9.17) is 1.37 Å². The number of hydrogen-bond donors (Lipinski definition) is 0. The maximum Gasteiger partial charge on any atom is 0.0818 e. The van der Waals surface area contributed by atoms with Crippen molar-refractivity contribution in [1.29, 1.82) is 0 Å². The zero-order valence-corrected chi connectivity index (χ0v) is 7.94. The van der Waals surface area contributed by atoms with Gasteiger partial charge in [0, 0.05) is 17.1 Å². The van der Waals surface area contributed by atoms with E-state index in [0.29, 0.717) is 0 Å². The Morgan fingerprint density at radius 1 is 1.67 bits per heavy atom. The van der Waals surface area contributed by atoms with Crippen LogP contribution in [-0.2, 0) is 10.8 Å². The first-order chi connectivity index (χ1) is 4.45. The van der Waals surface area contributed by atoms with E-state index >= 15 is 0 Å². The van der Waals surface area contributed by atoms with Gasteiger partial charge in [0.1, 0.15) is 0 Å². The van der Waals surface area contributed by atoms with Gasteiger partial charge in [-0.25, -0.2) is 0 Å². The van der Waals surface area contributed by atoms with Crippen LogP contribution in [0.5, 0.6) is 0 Å². The highest BCUT2D eigenvalue weighted by Gasteiger charge is 2.14. The van der Waals surface area contributed by atoms with E-state index in [1.54, 1.807) is 6.26 Å². The van der Waals surface area contributed by atoms with Crippen LogP contribution >= 0.6 is 11.8 Å². The summed E-state index contributed by atoms with van der Waals surface area (Å²) in [6, 6.07) is 0. The lowest BCUT2D eigenvalue weighted by molar-refractivity contribution is 0.657. The second-order valence-electron chi connectivity index (χ2n) is 2.13. The molecule has 0 aromatic heterocycles. The molecule has 0 fully saturated rings. The van der Waals surface area contributed by atoms with Crippen molar-refractivity contribution < 1.29 is 5.58 Å². The summed E-state index contributed by atoms with van der Waals surface area (Å²) in [4.78, 5) is 0. The largest absolute Gasteiger partial charge is 0.259 e. The van der Waals surface area contributed by atoms with Gasteiger partial charge in [-0.15, -0.1) is 11.8 Å². The molecule has 0 aromatic rings. The minimum atomic E-state index is -1.07. The van der Waals surface area contributed by atoms with Crippen molar-refractivity contribution in [2.45, 2.75) is 18.4 Å². The van der Waals surface area contributed by atoms with Crippen LogP contribution < -0.4 is 0 Å². The van der Waals surface area contributed by atoms with Gasteiger partial charge in [0.05, 0.1) is 5.93 Å². The van der Waals surface area contributed by atoms with Crippen LogP contribution in [0.15, 0.2) is 0 Å². The van der Waals surface area contributed by atoms with Crippen LogP contribution in [0.2, 0.25) is 0 Å². The number of rotatable bonds is 3. The zero-order valence-electron chi connectivity index (χ0n) is 7.30. The Morgan fingerprint density at radius 3 is 2.11 bits per heavy atom. The molecule has 0 N–H and O–H groups in total. The molecule has 0 saturated carbocycles. The van der Waals surface area contributed by atoms with Crippen LogP contribution in [-0.4, -0.2) is 21.3 Å². The smallest absolute Gasteiger partial charge is 0.0818 e. The lowest BCUT2D eigenvalue weighted by atomic mass is 10.3. The van der Waals surface area contributed by atoms with Crippen molar-refractivity contribution >= 4 is 22.6 Å². The van der Waals surface area contributed by atoms with E-state index in [9.17, 15) is 4.21 Å². The first-order valence-corrected chi connectivity index (χ1v) is 5.62. The SMILES string of the molecule is [2H]C(SC)(C(C)C)S(C)=O. The molecule has 56 valence electrons. The van der Waals surface area contributed by atoms with Crippen molar-refractivity contribution in [2.24, 2.45) is 5.92 Å². The summed E-state index contributed by atoms with van der Waals surface area (Å²) in [6.45, 7) is 3.84. The van der Waals surface area contributed by atoms with Crippen LogP contribution in [0.3, 0.4) is 0 Å². The quantitative estimate of drug-likeness (QED) is 0.636. The molecule has 0 aliphatic carbocycles. The maximum atomic E-state index is 11.0. The predicted octanol–water partition coefficient (Wildman–Crippen LogP) is 1.71. The molecule has 0 aromatic carbocycles. The normalized spacial score (nSPS) is 23.0. The standard InChI is InChI=1S/C6H14OS2/c1-5(2)6(8-3)9(4)7/h5-6H,1-4H3/i6D. The Kier molecular flexibility index (Phi) is 3.66. The number of thioether (sulfide) groups is 1. The molecule has 0 aliphatic heterocycles. The van der Waals surface area contributed by atoms with Gasteiger partial charge in [0.2, 0.25) is 0 Å². The third-order valence-electron chi connectivity index (χ3n) is 0.956. The molecule has 0 radical (unpaired) electrons. The molecule has 9 heavy (non-hydrogen) atoms. The molecule has 0 saturated heterocycles. The summed E-state index contributed by atoms with van der Waals surface area (Å²) in [6.07, 6.45) is 3.41. The monoisotopic (exact) mass is 167 g/mol. The molecular formula is C6H14OS2. The van der Waals surface area contributed by atoms with Gasteiger partial charge in [-0.05, 0) is 12.2 Å². The molecule has 0 rings (SSSR count). The molecule has 2 unspecified atom stereocenters. The predicted molar refractivity (Wildman–Crippen MR) is 46.2 cm³/mol. The van der Waals surface area contributed by atoms with E-state index < -0.39 is 15.4 Å². The highest BCUT2D eigenvalue weighted by Crippen LogP contribution is 2.18. The summed E-state index contributed by atoms with van der Waals surface area (Å²) in [5, 5.41) is 0. The summed E-state index contributed by atoms with van der Waals surface area (Å²) in [7, 11) is -1.07. The molecule has 0 spiro atoms. The van der Waals surface area contributed by atoms with Gasteiger partial charge in [-0.3, -0.25) is 4.21 Å². The van der Waals surface area contributed by atoms with Gasteiger partial charge in [-0.1, -0.05) is 13.8 Å². The van der Waals surface area contributed by atoms with Crippen molar-refractivity contribution in [2.75, 3.05) is 12.5 Å².